The van der Waals surface area contributed by atoms with Crippen LogP contribution in [0.4, 0.5) is 25.1 Å². The van der Waals surface area contributed by atoms with E-state index < -0.39 is 32.9 Å². The molecule has 8 nitrogen and oxygen atoms in total. The van der Waals surface area contributed by atoms with Gasteiger partial charge in [-0.2, -0.15) is 15.0 Å². The van der Waals surface area contributed by atoms with Crippen LogP contribution in [-0.2, 0) is 21.9 Å². The highest BCUT2D eigenvalue weighted by Crippen LogP contribution is 2.29. The van der Waals surface area contributed by atoms with Crippen LogP contribution >= 0.6 is 0 Å². The molecule has 178 valence electrons. The van der Waals surface area contributed by atoms with Gasteiger partial charge in [0.1, 0.15) is 5.82 Å². The summed E-state index contributed by atoms with van der Waals surface area (Å²) in [6.07, 6.45) is 1.57. The molecule has 0 spiro atoms. The maximum absolute atomic E-state index is 13.7. The Kier molecular flexibility index (Phi) is 8.05. The van der Waals surface area contributed by atoms with Crippen LogP contribution in [0.25, 0.3) is 0 Å². The summed E-state index contributed by atoms with van der Waals surface area (Å²) < 4.78 is 66.4. The highest BCUT2D eigenvalue weighted by atomic mass is 32.2. The number of aliphatic hydroxyl groups is 1. The molecule has 0 aliphatic carbocycles. The predicted molar refractivity (Wildman–Crippen MR) is 115 cm³/mol. The fraction of sp³-hybridized carbons (Fsp3) is 0.550. The third-order valence-corrected chi connectivity index (χ3v) is 5.19. The van der Waals surface area contributed by atoms with Crippen molar-refractivity contribution in [2.45, 2.75) is 52.0 Å². The number of rotatable bonds is 10. The monoisotopic (exact) mass is 475 g/mol. The molecule has 0 unspecified atom stereocenters. The maximum atomic E-state index is 13.7. The number of anilines is 2. The molecule has 1 atom stereocenters. The van der Waals surface area contributed by atoms with Crippen LogP contribution in [0.3, 0.4) is 0 Å². The van der Waals surface area contributed by atoms with E-state index in [1.807, 2.05) is 13.8 Å². The number of sulfonamides is 1. The van der Waals surface area contributed by atoms with Crippen molar-refractivity contribution in [3.63, 3.8) is 0 Å². The molecule has 0 bridgehead atoms. The smallest absolute Gasteiger partial charge is 0.241 e. The summed E-state index contributed by atoms with van der Waals surface area (Å²) in [6.45, 7) is 7.07. The van der Waals surface area contributed by atoms with E-state index in [1.165, 1.54) is 0 Å². The van der Waals surface area contributed by atoms with E-state index in [4.69, 9.17) is 0 Å². The van der Waals surface area contributed by atoms with Crippen LogP contribution in [-0.4, -0.2) is 47.4 Å². The minimum absolute atomic E-state index is 0.0289. The van der Waals surface area contributed by atoms with Crippen LogP contribution in [0.2, 0.25) is 0 Å². The van der Waals surface area contributed by atoms with Crippen molar-refractivity contribution in [1.29, 1.82) is 0 Å². The van der Waals surface area contributed by atoms with Crippen LogP contribution in [0.15, 0.2) is 12.1 Å². The molecule has 0 aliphatic rings. The van der Waals surface area contributed by atoms with E-state index in [0.717, 1.165) is 18.4 Å². The average molecular weight is 476 g/mol. The summed E-state index contributed by atoms with van der Waals surface area (Å²) in [5, 5.41) is 12.6. The summed E-state index contributed by atoms with van der Waals surface area (Å²) in [6, 6.07) is 1.42. The first-order valence-electron chi connectivity index (χ1n) is 9.95. The van der Waals surface area contributed by atoms with Gasteiger partial charge in [0, 0.05) is 6.42 Å². The van der Waals surface area contributed by atoms with Gasteiger partial charge in [0.25, 0.3) is 0 Å². The predicted octanol–water partition coefficient (Wildman–Crippen LogP) is 3.00. The van der Waals surface area contributed by atoms with Gasteiger partial charge in [0.2, 0.25) is 21.9 Å². The van der Waals surface area contributed by atoms with E-state index >= 15 is 0 Å². The summed E-state index contributed by atoms with van der Waals surface area (Å²) in [5.74, 6) is -4.01. The number of aliphatic hydroxyl groups excluding tert-OH is 1. The second-order valence-corrected chi connectivity index (χ2v) is 10.5. The second kappa shape index (κ2) is 9.99. The summed E-state index contributed by atoms with van der Waals surface area (Å²) in [5.41, 5.74) is -0.764. The molecule has 2 aromatic rings. The van der Waals surface area contributed by atoms with E-state index in [9.17, 15) is 26.7 Å². The van der Waals surface area contributed by atoms with Crippen molar-refractivity contribution in [2.24, 2.45) is 5.92 Å². The molecule has 3 N–H and O–H groups in total. The fourth-order valence-electron chi connectivity index (χ4n) is 3.15. The Hall–Kier alpha value is -2.47. The Labute approximate surface area is 185 Å². The zero-order chi connectivity index (χ0) is 24.3. The van der Waals surface area contributed by atoms with Crippen molar-refractivity contribution in [3.8, 4) is 0 Å². The van der Waals surface area contributed by atoms with Crippen molar-refractivity contribution in [3.05, 3.63) is 41.0 Å². The average Bonchev–Trinajstić information content (AvgIpc) is 2.62. The molecule has 2 rings (SSSR count). The van der Waals surface area contributed by atoms with E-state index in [0.29, 0.717) is 6.42 Å². The zero-order valence-electron chi connectivity index (χ0n) is 18.6. The maximum Gasteiger partial charge on any atom is 0.241 e. The van der Waals surface area contributed by atoms with Gasteiger partial charge in [-0.15, -0.1) is 0 Å². The minimum atomic E-state index is -3.70. The Morgan fingerprint density at radius 1 is 1.06 bits per heavy atom. The lowest BCUT2D eigenvalue weighted by Gasteiger charge is -2.25. The molecule has 0 aliphatic heterocycles. The summed E-state index contributed by atoms with van der Waals surface area (Å²) in [7, 11) is -3.70. The van der Waals surface area contributed by atoms with Crippen molar-refractivity contribution in [2.75, 3.05) is 22.9 Å². The SMILES string of the molecule is CC(C)C[C@H](CO)Nc1nc(CC(C)(C)c2cc(F)c(F)c(F)c2)nc(NS(C)(=O)=O)n1. The lowest BCUT2D eigenvalue weighted by atomic mass is 9.81. The van der Waals surface area contributed by atoms with Crippen molar-refractivity contribution >= 4 is 21.9 Å². The first-order valence-corrected chi connectivity index (χ1v) is 11.8. The number of hydrogen-bond acceptors (Lipinski definition) is 7. The van der Waals surface area contributed by atoms with Crippen LogP contribution in [0.5, 0.6) is 0 Å². The molecule has 12 heteroatoms. The number of aromatic nitrogens is 3. The van der Waals surface area contributed by atoms with Crippen LogP contribution in [0.1, 0.15) is 45.5 Å². The third-order valence-electron chi connectivity index (χ3n) is 4.63. The van der Waals surface area contributed by atoms with E-state index in [2.05, 4.69) is 25.0 Å². The highest BCUT2D eigenvalue weighted by molar-refractivity contribution is 7.91. The Bertz CT molecular complexity index is 1040. The third kappa shape index (κ3) is 7.30. The number of halogens is 3. The molecule has 0 radical (unpaired) electrons. The van der Waals surface area contributed by atoms with E-state index in [-0.39, 0.29) is 48.3 Å². The minimum Gasteiger partial charge on any atom is -0.394 e. The van der Waals surface area contributed by atoms with Gasteiger partial charge in [0.05, 0.1) is 18.9 Å². The van der Waals surface area contributed by atoms with Crippen LogP contribution < -0.4 is 10.0 Å². The lowest BCUT2D eigenvalue weighted by Crippen LogP contribution is -2.28. The van der Waals surface area contributed by atoms with Gasteiger partial charge in [-0.25, -0.2) is 21.6 Å². The first-order chi connectivity index (χ1) is 14.7. The number of nitrogens with zero attached hydrogens (tertiary/aromatic N) is 3. The standard InChI is InChI=1S/C20H28F3N5O3S/c1-11(2)6-13(10-29)24-18-25-16(26-19(27-18)28-32(5,30)31)9-20(3,4)12-7-14(21)17(23)15(22)8-12/h7-8,11,13,29H,6,9-10H2,1-5H3,(H2,24,25,26,27,28)/t13-/m1/s1. The first kappa shape index (κ1) is 25.8. The molecule has 32 heavy (non-hydrogen) atoms. The molecule has 0 fully saturated rings. The zero-order valence-corrected chi connectivity index (χ0v) is 19.4. The number of benzene rings is 1. The Morgan fingerprint density at radius 2 is 1.62 bits per heavy atom. The van der Waals surface area contributed by atoms with Crippen molar-refractivity contribution in [1.82, 2.24) is 15.0 Å². The number of hydrogen-bond donors (Lipinski definition) is 3. The molecule has 1 aromatic carbocycles. The Balaban J connectivity index is 2.43. The molecule has 0 saturated carbocycles. The molecule has 1 aromatic heterocycles. The largest absolute Gasteiger partial charge is 0.394 e. The van der Waals surface area contributed by atoms with Gasteiger partial charge >= 0.3 is 0 Å². The lowest BCUT2D eigenvalue weighted by molar-refractivity contribution is 0.259. The number of nitrogens with one attached hydrogen (secondary N) is 2. The topological polar surface area (TPSA) is 117 Å². The van der Waals surface area contributed by atoms with E-state index in [1.54, 1.807) is 13.8 Å². The highest BCUT2D eigenvalue weighted by Gasteiger charge is 2.27. The van der Waals surface area contributed by atoms with Gasteiger partial charge in [0.15, 0.2) is 17.5 Å². The molecule has 0 saturated heterocycles. The molecule has 0 amide bonds. The molecular weight excluding hydrogens is 447 g/mol. The fourth-order valence-corrected chi connectivity index (χ4v) is 3.57. The van der Waals surface area contributed by atoms with Gasteiger partial charge in [-0.3, -0.25) is 4.72 Å². The van der Waals surface area contributed by atoms with Gasteiger partial charge in [-0.1, -0.05) is 27.7 Å². The van der Waals surface area contributed by atoms with Gasteiger partial charge < -0.3 is 10.4 Å². The van der Waals surface area contributed by atoms with Crippen LogP contribution in [0, 0.1) is 23.4 Å². The quantitative estimate of drug-likeness (QED) is 0.452. The normalized spacial score (nSPS) is 13.3. The Morgan fingerprint density at radius 3 is 2.12 bits per heavy atom. The second-order valence-electron chi connectivity index (χ2n) is 8.74. The van der Waals surface area contributed by atoms with Gasteiger partial charge in [-0.05, 0) is 35.4 Å². The molecule has 1 heterocycles. The molecular formula is C20H28F3N5O3S. The summed E-state index contributed by atoms with van der Waals surface area (Å²) >= 11 is 0. The summed E-state index contributed by atoms with van der Waals surface area (Å²) in [4.78, 5) is 12.5. The van der Waals surface area contributed by atoms with Crippen molar-refractivity contribution < 1.29 is 26.7 Å².